The Morgan fingerprint density at radius 2 is 2.05 bits per heavy atom. The van der Waals surface area contributed by atoms with Gasteiger partial charge in [0.2, 0.25) is 0 Å². The van der Waals surface area contributed by atoms with Crippen molar-refractivity contribution in [3.8, 4) is 0 Å². The van der Waals surface area contributed by atoms with Gasteiger partial charge in [-0.2, -0.15) is 0 Å². The molecule has 0 aromatic heterocycles. The molecule has 2 N–H and O–H groups in total. The van der Waals surface area contributed by atoms with Crippen molar-refractivity contribution < 1.29 is 9.90 Å². The maximum Gasteiger partial charge on any atom is 0.317 e. The maximum atomic E-state index is 11.9. The Kier molecular flexibility index (Phi) is 4.10. The van der Waals surface area contributed by atoms with E-state index in [9.17, 15) is 9.90 Å². The van der Waals surface area contributed by atoms with Crippen LogP contribution in [0, 0.1) is 0 Å². The number of amides is 2. The molecule has 0 bridgehead atoms. The number of urea groups is 1. The predicted molar refractivity (Wildman–Crippen MR) is 75.1 cm³/mol. The van der Waals surface area contributed by atoms with Crippen LogP contribution in [0.5, 0.6) is 0 Å². The van der Waals surface area contributed by atoms with Crippen molar-refractivity contribution in [3.63, 3.8) is 0 Å². The topological polar surface area (TPSA) is 52.6 Å². The molecule has 1 atom stereocenters. The lowest BCUT2D eigenvalue weighted by Gasteiger charge is -2.22. The van der Waals surface area contributed by atoms with E-state index in [1.165, 1.54) is 10.5 Å². The van der Waals surface area contributed by atoms with Crippen LogP contribution in [0.15, 0.2) is 30.3 Å². The van der Waals surface area contributed by atoms with Crippen molar-refractivity contribution in [2.45, 2.75) is 31.3 Å². The van der Waals surface area contributed by atoms with Gasteiger partial charge in [0.1, 0.15) is 0 Å². The number of carbonyl (C=O) groups excluding carboxylic acids is 1. The SMILES string of the molecule is CC(O)CN(C)C(=O)NCC1(c2ccccc2)CC1. The van der Waals surface area contributed by atoms with Gasteiger partial charge in [-0.15, -0.1) is 0 Å². The number of aliphatic hydroxyl groups is 1. The van der Waals surface area contributed by atoms with Crippen LogP contribution in [0.3, 0.4) is 0 Å². The average Bonchev–Trinajstić information content (AvgIpc) is 3.17. The van der Waals surface area contributed by atoms with Crippen molar-refractivity contribution in [1.82, 2.24) is 10.2 Å². The third-order valence-electron chi connectivity index (χ3n) is 3.70. The standard InChI is InChI=1S/C15H22N2O2/c1-12(18)10-17(2)14(19)16-11-15(8-9-15)13-6-4-3-5-7-13/h3-7,12,18H,8-11H2,1-2H3,(H,16,19). The molecule has 1 aromatic carbocycles. The third-order valence-corrected chi connectivity index (χ3v) is 3.70. The first-order valence-electron chi connectivity index (χ1n) is 6.76. The number of carbonyl (C=O) groups is 1. The number of rotatable bonds is 5. The molecule has 0 radical (unpaired) electrons. The van der Waals surface area contributed by atoms with E-state index in [2.05, 4.69) is 17.4 Å². The lowest BCUT2D eigenvalue weighted by molar-refractivity contribution is 0.143. The third kappa shape index (κ3) is 3.47. The Hall–Kier alpha value is -1.55. The molecule has 0 saturated heterocycles. The molecule has 1 saturated carbocycles. The summed E-state index contributed by atoms with van der Waals surface area (Å²) in [4.78, 5) is 13.4. The summed E-state index contributed by atoms with van der Waals surface area (Å²) >= 11 is 0. The number of likely N-dealkylation sites (N-methyl/N-ethyl adjacent to an activating group) is 1. The molecule has 0 aliphatic heterocycles. The number of aliphatic hydroxyl groups excluding tert-OH is 1. The molecule has 1 aromatic rings. The molecule has 1 aliphatic carbocycles. The van der Waals surface area contributed by atoms with Gasteiger partial charge < -0.3 is 15.3 Å². The van der Waals surface area contributed by atoms with Gasteiger partial charge >= 0.3 is 6.03 Å². The van der Waals surface area contributed by atoms with E-state index in [4.69, 9.17) is 0 Å². The van der Waals surface area contributed by atoms with Crippen LogP contribution in [-0.4, -0.2) is 42.3 Å². The first-order valence-corrected chi connectivity index (χ1v) is 6.76. The van der Waals surface area contributed by atoms with Crippen molar-refractivity contribution in [3.05, 3.63) is 35.9 Å². The highest BCUT2D eigenvalue weighted by molar-refractivity contribution is 5.74. The van der Waals surface area contributed by atoms with Crippen LogP contribution in [0.4, 0.5) is 4.79 Å². The number of nitrogens with zero attached hydrogens (tertiary/aromatic N) is 1. The van der Waals surface area contributed by atoms with Gasteiger partial charge in [0.05, 0.1) is 6.10 Å². The highest BCUT2D eigenvalue weighted by Gasteiger charge is 2.44. The molecule has 4 nitrogen and oxygen atoms in total. The quantitative estimate of drug-likeness (QED) is 0.849. The second-order valence-corrected chi connectivity index (χ2v) is 5.53. The second-order valence-electron chi connectivity index (χ2n) is 5.53. The van der Waals surface area contributed by atoms with Crippen LogP contribution in [0.25, 0.3) is 0 Å². The highest BCUT2D eigenvalue weighted by Crippen LogP contribution is 2.47. The van der Waals surface area contributed by atoms with Crippen LogP contribution < -0.4 is 5.32 Å². The van der Waals surface area contributed by atoms with Crippen LogP contribution >= 0.6 is 0 Å². The van der Waals surface area contributed by atoms with Gasteiger partial charge in [-0.25, -0.2) is 4.79 Å². The largest absolute Gasteiger partial charge is 0.392 e. The molecule has 2 amide bonds. The monoisotopic (exact) mass is 262 g/mol. The van der Waals surface area contributed by atoms with E-state index >= 15 is 0 Å². The van der Waals surface area contributed by atoms with E-state index in [1.54, 1.807) is 14.0 Å². The summed E-state index contributed by atoms with van der Waals surface area (Å²) in [5.41, 5.74) is 1.43. The molecule has 1 unspecified atom stereocenters. The summed E-state index contributed by atoms with van der Waals surface area (Å²) in [5, 5.41) is 12.2. The normalized spacial score (nSPS) is 17.6. The van der Waals surface area contributed by atoms with E-state index in [0.717, 1.165) is 12.8 Å². The minimum absolute atomic E-state index is 0.122. The second kappa shape index (κ2) is 5.61. The molecular formula is C15H22N2O2. The van der Waals surface area contributed by atoms with Gasteiger partial charge in [0, 0.05) is 25.6 Å². The highest BCUT2D eigenvalue weighted by atomic mass is 16.3. The molecule has 4 heteroatoms. The number of hydrogen-bond acceptors (Lipinski definition) is 2. The van der Waals surface area contributed by atoms with Crippen LogP contribution in [0.1, 0.15) is 25.3 Å². The Morgan fingerprint density at radius 3 is 2.58 bits per heavy atom. The molecule has 1 aliphatic rings. The minimum Gasteiger partial charge on any atom is -0.392 e. The van der Waals surface area contributed by atoms with E-state index in [0.29, 0.717) is 13.1 Å². The van der Waals surface area contributed by atoms with E-state index < -0.39 is 6.10 Å². The van der Waals surface area contributed by atoms with Crippen molar-refractivity contribution in [1.29, 1.82) is 0 Å². The van der Waals surface area contributed by atoms with E-state index in [-0.39, 0.29) is 11.4 Å². The average molecular weight is 262 g/mol. The molecule has 0 spiro atoms. The fraction of sp³-hybridized carbons (Fsp3) is 0.533. The van der Waals surface area contributed by atoms with Crippen molar-refractivity contribution >= 4 is 6.03 Å². The summed E-state index contributed by atoms with van der Waals surface area (Å²) in [6, 6.07) is 10.2. The van der Waals surface area contributed by atoms with Gasteiger partial charge in [-0.05, 0) is 25.3 Å². The molecule has 1 fully saturated rings. The smallest absolute Gasteiger partial charge is 0.317 e. The Bertz CT molecular complexity index is 427. The Balaban J connectivity index is 1.87. The summed E-state index contributed by atoms with van der Waals surface area (Å²) in [7, 11) is 1.70. The van der Waals surface area contributed by atoms with E-state index in [1.807, 2.05) is 18.2 Å². The molecule has 2 rings (SSSR count). The van der Waals surface area contributed by atoms with Gasteiger partial charge in [0.25, 0.3) is 0 Å². The van der Waals surface area contributed by atoms with Crippen LogP contribution in [-0.2, 0) is 5.41 Å². The molecule has 0 heterocycles. The van der Waals surface area contributed by atoms with Gasteiger partial charge in [0.15, 0.2) is 0 Å². The first-order chi connectivity index (χ1) is 9.03. The van der Waals surface area contributed by atoms with Crippen LogP contribution in [0.2, 0.25) is 0 Å². The Labute approximate surface area is 114 Å². The zero-order valence-electron chi connectivity index (χ0n) is 11.6. The lowest BCUT2D eigenvalue weighted by atomic mass is 9.96. The fourth-order valence-electron chi connectivity index (χ4n) is 2.37. The van der Waals surface area contributed by atoms with Crippen molar-refractivity contribution in [2.24, 2.45) is 0 Å². The number of benzene rings is 1. The first kappa shape index (κ1) is 13.9. The lowest BCUT2D eigenvalue weighted by Crippen LogP contribution is -2.43. The zero-order valence-corrected chi connectivity index (χ0v) is 11.6. The zero-order chi connectivity index (χ0) is 13.9. The predicted octanol–water partition coefficient (Wildman–Crippen LogP) is 1.74. The van der Waals surface area contributed by atoms with Gasteiger partial charge in [-0.1, -0.05) is 30.3 Å². The molecular weight excluding hydrogens is 240 g/mol. The minimum atomic E-state index is -0.500. The summed E-state index contributed by atoms with van der Waals surface area (Å²) in [5.74, 6) is 0. The number of nitrogens with one attached hydrogen (secondary N) is 1. The maximum absolute atomic E-state index is 11.9. The summed E-state index contributed by atoms with van der Waals surface area (Å²) in [6.45, 7) is 2.69. The molecule has 19 heavy (non-hydrogen) atoms. The molecule has 104 valence electrons. The van der Waals surface area contributed by atoms with Gasteiger partial charge in [-0.3, -0.25) is 0 Å². The fourth-order valence-corrected chi connectivity index (χ4v) is 2.37. The summed E-state index contributed by atoms with van der Waals surface area (Å²) in [6.07, 6.45) is 1.74. The Morgan fingerprint density at radius 1 is 1.42 bits per heavy atom. The summed E-state index contributed by atoms with van der Waals surface area (Å²) < 4.78 is 0. The van der Waals surface area contributed by atoms with Crippen molar-refractivity contribution in [2.75, 3.05) is 20.1 Å². The number of hydrogen-bond donors (Lipinski definition) is 2.